The van der Waals surface area contributed by atoms with Gasteiger partial charge in [0.2, 0.25) is 0 Å². The summed E-state index contributed by atoms with van der Waals surface area (Å²) in [4.78, 5) is 46.1. The second-order valence-corrected chi connectivity index (χ2v) is 6.78. The van der Waals surface area contributed by atoms with Crippen molar-refractivity contribution in [2.45, 2.75) is 26.7 Å². The first kappa shape index (κ1) is 22.0. The van der Waals surface area contributed by atoms with Gasteiger partial charge in [-0.3, -0.25) is 24.5 Å². The zero-order valence-corrected chi connectivity index (χ0v) is 16.6. The van der Waals surface area contributed by atoms with E-state index in [9.17, 15) is 24.5 Å². The molecule has 2 aromatic carbocycles. The molecule has 2 aromatic rings. The minimum Gasteiger partial charge on any atom is -0.456 e. The van der Waals surface area contributed by atoms with Gasteiger partial charge in [-0.15, -0.1) is 0 Å². The zero-order chi connectivity index (χ0) is 21.6. The van der Waals surface area contributed by atoms with Crippen LogP contribution in [0.5, 0.6) is 0 Å². The molecule has 0 aliphatic heterocycles. The summed E-state index contributed by atoms with van der Waals surface area (Å²) in [5, 5.41) is 13.2. The lowest BCUT2D eigenvalue weighted by Crippen LogP contribution is -2.21. The summed E-state index contributed by atoms with van der Waals surface area (Å²) in [6.07, 6.45) is -0.194. The first-order valence-electron chi connectivity index (χ1n) is 8.67. The molecule has 0 radical (unpaired) electrons. The topological polar surface area (TPSA) is 116 Å². The van der Waals surface area contributed by atoms with Gasteiger partial charge in [0, 0.05) is 23.7 Å². The van der Waals surface area contributed by atoms with E-state index in [1.54, 1.807) is 6.07 Å². The van der Waals surface area contributed by atoms with Crippen molar-refractivity contribution in [2.24, 2.45) is 0 Å². The fourth-order valence-corrected chi connectivity index (χ4v) is 2.72. The lowest BCUT2D eigenvalue weighted by atomic mass is 9.99. The van der Waals surface area contributed by atoms with Crippen molar-refractivity contribution in [3.8, 4) is 0 Å². The molecule has 1 N–H and O–H groups in total. The maximum atomic E-state index is 12.3. The van der Waals surface area contributed by atoms with Gasteiger partial charge in [-0.25, -0.2) is 0 Å². The van der Waals surface area contributed by atoms with E-state index in [-0.39, 0.29) is 35.0 Å². The van der Waals surface area contributed by atoms with Crippen LogP contribution in [-0.2, 0) is 14.3 Å². The number of nitro groups is 1. The van der Waals surface area contributed by atoms with Gasteiger partial charge in [0.05, 0.1) is 11.3 Å². The van der Waals surface area contributed by atoms with Crippen LogP contribution >= 0.6 is 11.6 Å². The molecule has 8 nitrogen and oxygen atoms in total. The number of hydrogen-bond acceptors (Lipinski definition) is 6. The maximum Gasteiger partial charge on any atom is 0.306 e. The molecule has 0 unspecified atom stereocenters. The van der Waals surface area contributed by atoms with Crippen molar-refractivity contribution in [1.29, 1.82) is 0 Å². The van der Waals surface area contributed by atoms with E-state index in [0.29, 0.717) is 5.56 Å². The minimum atomic E-state index is -0.694. The number of ether oxygens (including phenoxy) is 1. The summed E-state index contributed by atoms with van der Waals surface area (Å²) in [5.74, 6) is -1.54. The normalized spacial score (nSPS) is 10.3. The predicted molar refractivity (Wildman–Crippen MR) is 107 cm³/mol. The number of rotatable bonds is 8. The monoisotopic (exact) mass is 418 g/mol. The minimum absolute atomic E-state index is 0.0336. The van der Waals surface area contributed by atoms with Crippen molar-refractivity contribution < 1.29 is 24.0 Å². The fraction of sp³-hybridized carbons (Fsp3) is 0.250. The summed E-state index contributed by atoms with van der Waals surface area (Å²) in [6, 6.07) is 9.27. The molecule has 9 heteroatoms. The number of amides is 1. The number of carbonyl (C=O) groups excluding carboxylic acids is 3. The molecule has 0 spiro atoms. The van der Waals surface area contributed by atoms with E-state index in [1.165, 1.54) is 12.1 Å². The smallest absolute Gasteiger partial charge is 0.306 e. The molecule has 0 aliphatic carbocycles. The van der Waals surface area contributed by atoms with Gasteiger partial charge < -0.3 is 10.1 Å². The number of nitrogens with zero attached hydrogens (tertiary/aromatic N) is 1. The second kappa shape index (κ2) is 9.79. The van der Waals surface area contributed by atoms with E-state index in [1.807, 2.05) is 26.0 Å². The molecule has 0 saturated carbocycles. The number of benzene rings is 2. The van der Waals surface area contributed by atoms with E-state index in [2.05, 4.69) is 5.32 Å². The van der Waals surface area contributed by atoms with Crippen molar-refractivity contribution in [3.63, 3.8) is 0 Å². The third-order valence-corrected chi connectivity index (χ3v) is 4.36. The quantitative estimate of drug-likeness (QED) is 0.299. The lowest BCUT2D eigenvalue weighted by Gasteiger charge is -2.08. The summed E-state index contributed by atoms with van der Waals surface area (Å²) in [5.41, 5.74) is 2.12. The van der Waals surface area contributed by atoms with Crippen molar-refractivity contribution >= 4 is 40.6 Å². The largest absolute Gasteiger partial charge is 0.456 e. The molecule has 29 heavy (non-hydrogen) atoms. The number of Topliss-reactive ketones (excluding diaryl/α,β-unsaturated/α-hetero) is 1. The van der Waals surface area contributed by atoms with Crippen molar-refractivity contribution in [2.75, 3.05) is 11.9 Å². The molecule has 0 atom stereocenters. The third kappa shape index (κ3) is 6.39. The Morgan fingerprint density at radius 2 is 1.83 bits per heavy atom. The molecule has 1 amide bonds. The Morgan fingerprint density at radius 3 is 2.52 bits per heavy atom. The van der Waals surface area contributed by atoms with Gasteiger partial charge in [-0.1, -0.05) is 29.3 Å². The van der Waals surface area contributed by atoms with Gasteiger partial charge in [0.25, 0.3) is 11.6 Å². The Labute approximate surface area is 172 Å². The Bertz CT molecular complexity index is 973. The number of carbonyl (C=O) groups is 3. The third-order valence-electron chi connectivity index (χ3n) is 4.04. The molecule has 2 rings (SSSR count). The number of nitrogens with one attached hydrogen (secondary N) is 1. The predicted octanol–water partition coefficient (Wildman–Crippen LogP) is 4.01. The maximum absolute atomic E-state index is 12.3. The average Bonchev–Trinajstić information content (AvgIpc) is 2.67. The number of aryl methyl sites for hydroxylation is 2. The molecule has 0 fully saturated rings. The molecule has 0 aromatic heterocycles. The highest BCUT2D eigenvalue weighted by molar-refractivity contribution is 6.32. The summed E-state index contributed by atoms with van der Waals surface area (Å²) < 4.78 is 4.85. The highest BCUT2D eigenvalue weighted by atomic mass is 35.5. The molecule has 152 valence electrons. The highest BCUT2D eigenvalue weighted by Crippen LogP contribution is 2.27. The zero-order valence-electron chi connectivity index (χ0n) is 15.9. The van der Waals surface area contributed by atoms with E-state index in [4.69, 9.17) is 16.3 Å². The Hall–Kier alpha value is -3.26. The van der Waals surface area contributed by atoms with Crippen molar-refractivity contribution in [1.82, 2.24) is 0 Å². The molecular weight excluding hydrogens is 400 g/mol. The van der Waals surface area contributed by atoms with Crippen LogP contribution in [0, 0.1) is 24.0 Å². The SMILES string of the molecule is Cc1ccc(C)c(C(=O)CCC(=O)OCC(=O)Nc2ccc(Cl)c([N+](=O)[O-])c2)c1. The van der Waals surface area contributed by atoms with Crippen LogP contribution in [0.4, 0.5) is 11.4 Å². The number of nitro benzene ring substituents is 1. The average molecular weight is 419 g/mol. The second-order valence-electron chi connectivity index (χ2n) is 6.37. The van der Waals surface area contributed by atoms with Gasteiger partial charge in [0.1, 0.15) is 5.02 Å². The van der Waals surface area contributed by atoms with Gasteiger partial charge in [0.15, 0.2) is 12.4 Å². The molecule has 0 bridgehead atoms. The lowest BCUT2D eigenvalue weighted by molar-refractivity contribution is -0.384. The van der Waals surface area contributed by atoms with Crippen LogP contribution < -0.4 is 5.32 Å². The van der Waals surface area contributed by atoms with E-state index >= 15 is 0 Å². The number of esters is 1. The van der Waals surface area contributed by atoms with Gasteiger partial charge in [-0.05, 0) is 37.6 Å². The first-order valence-corrected chi connectivity index (χ1v) is 9.05. The van der Waals surface area contributed by atoms with Crippen molar-refractivity contribution in [3.05, 3.63) is 68.2 Å². The van der Waals surface area contributed by atoms with Crippen LogP contribution in [0.3, 0.4) is 0 Å². The van der Waals surface area contributed by atoms with Gasteiger partial charge >= 0.3 is 5.97 Å². The van der Waals surface area contributed by atoms with Crippen LogP contribution in [0.2, 0.25) is 5.02 Å². The van der Waals surface area contributed by atoms with Crippen LogP contribution in [-0.4, -0.2) is 29.2 Å². The van der Waals surface area contributed by atoms with Gasteiger partial charge in [-0.2, -0.15) is 0 Å². The van der Waals surface area contributed by atoms with E-state index < -0.39 is 23.4 Å². The Kier molecular flexibility index (Phi) is 7.44. The van der Waals surface area contributed by atoms with Crippen LogP contribution in [0.25, 0.3) is 0 Å². The molecule has 0 heterocycles. The van der Waals surface area contributed by atoms with Crippen LogP contribution in [0.15, 0.2) is 36.4 Å². The highest BCUT2D eigenvalue weighted by Gasteiger charge is 2.16. The number of anilines is 1. The summed E-state index contributed by atoms with van der Waals surface area (Å²) >= 11 is 5.70. The Morgan fingerprint density at radius 1 is 1.10 bits per heavy atom. The Balaban J connectivity index is 1.82. The number of hydrogen-bond donors (Lipinski definition) is 1. The molecule has 0 aliphatic rings. The fourth-order valence-electron chi connectivity index (χ4n) is 2.53. The molecular formula is C20H19ClN2O6. The number of ketones is 1. The van der Waals surface area contributed by atoms with Crippen LogP contribution in [0.1, 0.15) is 34.3 Å². The van der Waals surface area contributed by atoms with E-state index in [0.717, 1.165) is 17.2 Å². The summed E-state index contributed by atoms with van der Waals surface area (Å²) in [6.45, 7) is 3.11. The number of halogens is 1. The first-order chi connectivity index (χ1) is 13.7. The standard InChI is InChI=1S/C20H19ClN2O6/c1-12-3-4-13(2)15(9-12)18(24)7-8-20(26)29-11-19(25)22-14-5-6-16(21)17(10-14)23(27)28/h3-6,9-10H,7-8,11H2,1-2H3,(H,22,25). The molecule has 0 saturated heterocycles. The summed E-state index contributed by atoms with van der Waals surface area (Å²) in [7, 11) is 0.